The first-order valence-corrected chi connectivity index (χ1v) is 6.10. The highest BCUT2D eigenvalue weighted by molar-refractivity contribution is 5.39. The summed E-state index contributed by atoms with van der Waals surface area (Å²) in [7, 11) is 0. The Labute approximate surface area is 102 Å². The first-order chi connectivity index (χ1) is 8.42. The zero-order valence-electron chi connectivity index (χ0n) is 9.73. The van der Waals surface area contributed by atoms with Crippen molar-refractivity contribution in [2.24, 2.45) is 0 Å². The molecule has 0 bridgehead atoms. The lowest BCUT2D eigenvalue weighted by Crippen LogP contribution is -2.09. The van der Waals surface area contributed by atoms with Gasteiger partial charge in [0.15, 0.2) is 0 Å². The number of hydrogen-bond acceptors (Lipinski definition) is 1. The van der Waals surface area contributed by atoms with Crippen LogP contribution in [0.2, 0.25) is 0 Å². The van der Waals surface area contributed by atoms with Gasteiger partial charge in [0.2, 0.25) is 0 Å². The van der Waals surface area contributed by atoms with Crippen LogP contribution in [0.4, 0.5) is 0 Å². The summed E-state index contributed by atoms with van der Waals surface area (Å²) in [6, 6.07) is 18.3. The summed E-state index contributed by atoms with van der Waals surface area (Å²) >= 11 is 0. The molecule has 0 atom stereocenters. The van der Waals surface area contributed by atoms with E-state index in [2.05, 4.69) is 12.1 Å². The van der Waals surface area contributed by atoms with Gasteiger partial charge in [0.05, 0.1) is 0 Å². The molecule has 3 rings (SSSR count). The number of ether oxygens (including phenoxy) is 1. The van der Waals surface area contributed by atoms with Gasteiger partial charge >= 0.3 is 0 Å². The highest BCUT2D eigenvalue weighted by Gasteiger charge is 2.19. The van der Waals surface area contributed by atoms with Crippen molar-refractivity contribution < 1.29 is 4.74 Å². The highest BCUT2D eigenvalue weighted by atomic mass is 16.5. The van der Waals surface area contributed by atoms with Gasteiger partial charge in [-0.25, -0.2) is 0 Å². The molecular formula is C16H15O. The Morgan fingerprint density at radius 1 is 0.706 bits per heavy atom. The fourth-order valence-corrected chi connectivity index (χ4v) is 2.03. The minimum atomic E-state index is 0.886. The van der Waals surface area contributed by atoms with Crippen LogP contribution in [0.1, 0.15) is 24.8 Å². The number of benzene rings is 2. The van der Waals surface area contributed by atoms with Gasteiger partial charge in [0.25, 0.3) is 0 Å². The van der Waals surface area contributed by atoms with E-state index < -0.39 is 0 Å². The standard InChI is InChI=1S/C16H15O/c1-2-7-15(8-3-1)17-16-11-9-14(10-12-16)13-5-4-6-13/h1-3,7-12H,4-6H2. The molecule has 0 heterocycles. The maximum atomic E-state index is 5.76. The van der Waals surface area contributed by atoms with Crippen molar-refractivity contribution in [2.75, 3.05) is 0 Å². The molecule has 0 amide bonds. The average molecular weight is 223 g/mol. The molecule has 0 unspecified atom stereocenters. The topological polar surface area (TPSA) is 9.23 Å². The predicted octanol–water partition coefficient (Wildman–Crippen LogP) is 4.59. The Kier molecular flexibility index (Phi) is 2.83. The molecule has 1 aliphatic rings. The van der Waals surface area contributed by atoms with Gasteiger partial charge in [-0.2, -0.15) is 0 Å². The predicted molar refractivity (Wildman–Crippen MR) is 69.2 cm³/mol. The summed E-state index contributed by atoms with van der Waals surface area (Å²) in [5, 5.41) is 0. The summed E-state index contributed by atoms with van der Waals surface area (Å²) in [6.07, 6.45) is 3.87. The molecule has 1 nitrogen and oxygen atoms in total. The molecule has 1 heteroatoms. The van der Waals surface area contributed by atoms with Crippen molar-refractivity contribution in [3.8, 4) is 11.5 Å². The minimum Gasteiger partial charge on any atom is -0.457 e. The van der Waals surface area contributed by atoms with Crippen molar-refractivity contribution in [3.05, 3.63) is 66.1 Å². The van der Waals surface area contributed by atoms with E-state index in [1.54, 1.807) is 5.92 Å². The van der Waals surface area contributed by atoms with Crippen molar-refractivity contribution >= 4 is 0 Å². The first-order valence-electron chi connectivity index (χ1n) is 6.10. The molecule has 0 aromatic heterocycles. The second kappa shape index (κ2) is 4.62. The van der Waals surface area contributed by atoms with E-state index in [0.717, 1.165) is 11.5 Å². The third-order valence-corrected chi connectivity index (χ3v) is 3.20. The van der Waals surface area contributed by atoms with E-state index in [1.807, 2.05) is 42.5 Å². The zero-order chi connectivity index (χ0) is 11.5. The van der Waals surface area contributed by atoms with Gasteiger partial charge in [0, 0.05) is 5.92 Å². The van der Waals surface area contributed by atoms with Gasteiger partial charge in [-0.3, -0.25) is 0 Å². The van der Waals surface area contributed by atoms with Crippen LogP contribution in [-0.4, -0.2) is 0 Å². The second-order valence-electron chi connectivity index (χ2n) is 4.40. The lowest BCUT2D eigenvalue weighted by atomic mass is 9.80. The van der Waals surface area contributed by atoms with Crippen LogP contribution in [0.15, 0.2) is 54.6 Å². The van der Waals surface area contributed by atoms with E-state index in [9.17, 15) is 0 Å². The Bertz CT molecular complexity index is 469. The molecule has 0 saturated heterocycles. The van der Waals surface area contributed by atoms with Crippen LogP contribution in [0.3, 0.4) is 0 Å². The van der Waals surface area contributed by atoms with Gasteiger partial charge in [-0.05, 0) is 42.7 Å². The lowest BCUT2D eigenvalue weighted by Gasteiger charge is -2.25. The van der Waals surface area contributed by atoms with Crippen molar-refractivity contribution in [2.45, 2.75) is 19.3 Å². The lowest BCUT2D eigenvalue weighted by molar-refractivity contribution is 0.482. The maximum absolute atomic E-state index is 5.76. The van der Waals surface area contributed by atoms with E-state index in [1.165, 1.54) is 24.8 Å². The number of rotatable bonds is 3. The molecule has 1 fully saturated rings. The minimum absolute atomic E-state index is 0.886. The summed E-state index contributed by atoms with van der Waals surface area (Å²) in [4.78, 5) is 0. The highest BCUT2D eigenvalue weighted by Crippen LogP contribution is 2.36. The molecule has 0 spiro atoms. The Morgan fingerprint density at radius 2 is 1.35 bits per heavy atom. The molecule has 1 saturated carbocycles. The molecule has 1 radical (unpaired) electrons. The fraction of sp³-hybridized carbons (Fsp3) is 0.188. The van der Waals surface area contributed by atoms with Crippen molar-refractivity contribution in [1.29, 1.82) is 0 Å². The van der Waals surface area contributed by atoms with Crippen molar-refractivity contribution in [3.63, 3.8) is 0 Å². The van der Waals surface area contributed by atoms with E-state index >= 15 is 0 Å². The monoisotopic (exact) mass is 223 g/mol. The summed E-state index contributed by atoms with van der Waals surface area (Å²) in [5.74, 6) is 3.37. The molecule has 17 heavy (non-hydrogen) atoms. The van der Waals surface area contributed by atoms with Crippen LogP contribution < -0.4 is 4.74 Å². The van der Waals surface area contributed by atoms with Crippen molar-refractivity contribution in [1.82, 2.24) is 0 Å². The van der Waals surface area contributed by atoms with Crippen LogP contribution in [0.5, 0.6) is 11.5 Å². The quantitative estimate of drug-likeness (QED) is 0.739. The molecule has 0 N–H and O–H groups in total. The van der Waals surface area contributed by atoms with Gasteiger partial charge in [-0.1, -0.05) is 36.8 Å². The summed E-state index contributed by atoms with van der Waals surface area (Å²) in [6.45, 7) is 0. The Balaban J connectivity index is 1.72. The van der Waals surface area contributed by atoms with Gasteiger partial charge in [-0.15, -0.1) is 0 Å². The molecule has 0 aliphatic heterocycles. The molecule has 1 aliphatic carbocycles. The van der Waals surface area contributed by atoms with E-state index in [0.29, 0.717) is 0 Å². The smallest absolute Gasteiger partial charge is 0.127 e. The van der Waals surface area contributed by atoms with Crippen LogP contribution in [-0.2, 0) is 0 Å². The van der Waals surface area contributed by atoms with Crippen LogP contribution in [0, 0.1) is 5.92 Å². The molecule has 2 aromatic rings. The second-order valence-corrected chi connectivity index (χ2v) is 4.40. The Hall–Kier alpha value is -1.76. The molecule has 85 valence electrons. The van der Waals surface area contributed by atoms with E-state index in [4.69, 9.17) is 4.74 Å². The summed E-state index contributed by atoms with van der Waals surface area (Å²) < 4.78 is 5.76. The third-order valence-electron chi connectivity index (χ3n) is 3.20. The molecular weight excluding hydrogens is 208 g/mol. The summed E-state index contributed by atoms with van der Waals surface area (Å²) in [5.41, 5.74) is 1.37. The average Bonchev–Trinajstić information content (AvgIpc) is 2.31. The fourth-order valence-electron chi connectivity index (χ4n) is 2.03. The largest absolute Gasteiger partial charge is 0.457 e. The third kappa shape index (κ3) is 2.33. The van der Waals surface area contributed by atoms with Gasteiger partial charge in [0.1, 0.15) is 11.5 Å². The Morgan fingerprint density at radius 3 is 1.94 bits per heavy atom. The normalized spacial score (nSPS) is 15.3. The van der Waals surface area contributed by atoms with Gasteiger partial charge < -0.3 is 4.74 Å². The SMILES string of the molecule is c1ccc(Oc2ccc([C]3CCC3)cc2)cc1. The van der Waals surface area contributed by atoms with Crippen LogP contribution in [0.25, 0.3) is 0 Å². The van der Waals surface area contributed by atoms with Crippen LogP contribution >= 0.6 is 0 Å². The number of hydrogen-bond donors (Lipinski definition) is 0. The number of para-hydroxylation sites is 1. The van der Waals surface area contributed by atoms with E-state index in [-0.39, 0.29) is 0 Å². The maximum Gasteiger partial charge on any atom is 0.127 e. The first kappa shape index (κ1) is 10.4. The molecule has 2 aromatic carbocycles. The zero-order valence-corrected chi connectivity index (χ0v) is 9.73.